The van der Waals surface area contributed by atoms with E-state index in [1.807, 2.05) is 0 Å². The predicted molar refractivity (Wildman–Crippen MR) is 57.1 cm³/mol. The maximum atomic E-state index is 10.7. The van der Waals surface area contributed by atoms with E-state index in [1.54, 1.807) is 0 Å². The molecule has 0 aliphatic heterocycles. The van der Waals surface area contributed by atoms with Gasteiger partial charge in [-0.25, -0.2) is 5.43 Å². The van der Waals surface area contributed by atoms with Crippen molar-refractivity contribution in [2.24, 2.45) is 0 Å². The van der Waals surface area contributed by atoms with Gasteiger partial charge in [0.05, 0.1) is 17.1 Å². The Kier molecular flexibility index (Phi) is 4.38. The molecule has 8 heteroatoms. The summed E-state index contributed by atoms with van der Waals surface area (Å²) < 4.78 is 30.1. The fourth-order valence-corrected chi connectivity index (χ4v) is 1.40. The van der Waals surface area contributed by atoms with Gasteiger partial charge in [0.2, 0.25) is 0 Å². The summed E-state index contributed by atoms with van der Waals surface area (Å²) >= 11 is 0. The molecule has 0 fully saturated rings. The van der Waals surface area contributed by atoms with Gasteiger partial charge in [-0.1, -0.05) is 0 Å². The molecular formula is C8H11N3O4S. The van der Waals surface area contributed by atoms with Gasteiger partial charge in [0.15, 0.2) is 0 Å². The number of nitrogens with one attached hydrogen (secondary N) is 3. The first-order valence-electron chi connectivity index (χ1n) is 4.29. The molecular weight excluding hydrogens is 234 g/mol. The standard InChI is InChI=1S/C8H11N3O4S/c12-6-5-9-11-10-7-1-3-8(4-2-7)16(13,14)15/h1-4,6,9-11H,5H2,(H,13,14,15). The Hall–Kier alpha value is -1.48. The van der Waals surface area contributed by atoms with Gasteiger partial charge in [-0.2, -0.15) is 14.0 Å². The number of carbonyl (C=O) groups is 1. The topological polar surface area (TPSA) is 108 Å². The van der Waals surface area contributed by atoms with E-state index in [9.17, 15) is 13.2 Å². The lowest BCUT2D eigenvalue weighted by molar-refractivity contribution is -0.107. The average molecular weight is 245 g/mol. The number of hydrazine groups is 2. The smallest absolute Gasteiger partial charge is 0.294 e. The second kappa shape index (κ2) is 5.56. The van der Waals surface area contributed by atoms with Crippen LogP contribution >= 0.6 is 0 Å². The summed E-state index contributed by atoms with van der Waals surface area (Å²) in [4.78, 5) is 9.76. The van der Waals surface area contributed by atoms with E-state index in [4.69, 9.17) is 4.55 Å². The molecule has 0 bridgehead atoms. The second-order valence-electron chi connectivity index (χ2n) is 2.80. The molecule has 0 aliphatic rings. The van der Waals surface area contributed by atoms with Crippen molar-refractivity contribution < 1.29 is 17.8 Å². The molecule has 0 spiro atoms. The molecule has 0 aromatic heterocycles. The van der Waals surface area contributed by atoms with Crippen LogP contribution in [0.1, 0.15) is 0 Å². The highest BCUT2D eigenvalue weighted by Gasteiger charge is 2.07. The molecule has 7 nitrogen and oxygen atoms in total. The molecule has 0 saturated carbocycles. The molecule has 0 amide bonds. The molecule has 0 radical (unpaired) electrons. The van der Waals surface area contributed by atoms with Crippen molar-refractivity contribution in [1.82, 2.24) is 11.0 Å². The van der Waals surface area contributed by atoms with Crippen LogP contribution in [-0.2, 0) is 14.9 Å². The zero-order valence-electron chi connectivity index (χ0n) is 8.17. The summed E-state index contributed by atoms with van der Waals surface area (Å²) in [6, 6.07) is 5.41. The Morgan fingerprint density at radius 3 is 2.38 bits per heavy atom. The average Bonchev–Trinajstić information content (AvgIpc) is 2.24. The zero-order chi connectivity index (χ0) is 12.0. The third-order valence-electron chi connectivity index (χ3n) is 1.63. The van der Waals surface area contributed by atoms with Crippen LogP contribution in [0.2, 0.25) is 0 Å². The number of benzene rings is 1. The van der Waals surface area contributed by atoms with Crippen LogP contribution in [0.4, 0.5) is 5.69 Å². The Bertz CT molecular complexity index is 443. The monoisotopic (exact) mass is 245 g/mol. The molecule has 0 heterocycles. The largest absolute Gasteiger partial charge is 0.308 e. The van der Waals surface area contributed by atoms with Crippen molar-refractivity contribution in [2.75, 3.05) is 12.0 Å². The SMILES string of the molecule is O=CCNNNc1ccc(S(=O)(=O)O)cc1. The lowest BCUT2D eigenvalue weighted by Gasteiger charge is -2.07. The van der Waals surface area contributed by atoms with Crippen LogP contribution in [0.3, 0.4) is 0 Å². The highest BCUT2D eigenvalue weighted by atomic mass is 32.2. The first kappa shape index (κ1) is 12.6. The molecule has 0 aliphatic carbocycles. The van der Waals surface area contributed by atoms with Gasteiger partial charge in [0.1, 0.15) is 6.29 Å². The van der Waals surface area contributed by atoms with E-state index in [2.05, 4.69) is 16.4 Å². The minimum Gasteiger partial charge on any atom is -0.308 e. The van der Waals surface area contributed by atoms with E-state index >= 15 is 0 Å². The fraction of sp³-hybridized carbons (Fsp3) is 0.125. The Balaban J connectivity index is 2.55. The first-order chi connectivity index (χ1) is 7.54. The number of rotatable bonds is 6. The van der Waals surface area contributed by atoms with Crippen molar-refractivity contribution in [2.45, 2.75) is 4.90 Å². The number of hydrogen-bond acceptors (Lipinski definition) is 6. The predicted octanol–water partition coefficient (Wildman–Crippen LogP) is -0.447. The maximum absolute atomic E-state index is 10.7. The maximum Gasteiger partial charge on any atom is 0.294 e. The van der Waals surface area contributed by atoms with Gasteiger partial charge < -0.3 is 10.2 Å². The van der Waals surface area contributed by atoms with Gasteiger partial charge in [0.25, 0.3) is 10.1 Å². The minimum absolute atomic E-state index is 0.135. The summed E-state index contributed by atoms with van der Waals surface area (Å²) in [5.74, 6) is 0. The van der Waals surface area contributed by atoms with E-state index in [1.165, 1.54) is 24.3 Å². The summed E-state index contributed by atoms with van der Waals surface area (Å²) in [7, 11) is -4.16. The van der Waals surface area contributed by atoms with Gasteiger partial charge in [0, 0.05) is 0 Å². The van der Waals surface area contributed by atoms with Gasteiger partial charge >= 0.3 is 0 Å². The highest BCUT2D eigenvalue weighted by molar-refractivity contribution is 7.85. The van der Waals surface area contributed by atoms with Crippen molar-refractivity contribution >= 4 is 22.1 Å². The van der Waals surface area contributed by atoms with E-state index in [-0.39, 0.29) is 11.4 Å². The molecule has 0 atom stereocenters. The zero-order valence-corrected chi connectivity index (χ0v) is 8.99. The van der Waals surface area contributed by atoms with Crippen LogP contribution < -0.4 is 16.4 Å². The van der Waals surface area contributed by atoms with Crippen LogP contribution in [-0.4, -0.2) is 25.8 Å². The van der Waals surface area contributed by atoms with Gasteiger partial charge in [-0.05, 0) is 24.3 Å². The molecule has 0 saturated heterocycles. The van der Waals surface area contributed by atoms with E-state index in [0.29, 0.717) is 12.0 Å². The van der Waals surface area contributed by atoms with Crippen LogP contribution in [0.5, 0.6) is 0 Å². The minimum atomic E-state index is -4.16. The molecule has 88 valence electrons. The van der Waals surface area contributed by atoms with Crippen molar-refractivity contribution in [1.29, 1.82) is 0 Å². The summed E-state index contributed by atoms with van der Waals surface area (Å²) in [6.45, 7) is 0.135. The summed E-state index contributed by atoms with van der Waals surface area (Å²) in [5.41, 5.74) is 8.29. The highest BCUT2D eigenvalue weighted by Crippen LogP contribution is 2.12. The van der Waals surface area contributed by atoms with Crippen molar-refractivity contribution in [3.8, 4) is 0 Å². The molecule has 0 unspecified atom stereocenters. The molecule has 1 aromatic carbocycles. The number of anilines is 1. The second-order valence-corrected chi connectivity index (χ2v) is 4.22. The number of aldehydes is 1. The molecule has 4 N–H and O–H groups in total. The van der Waals surface area contributed by atoms with Crippen molar-refractivity contribution in [3.05, 3.63) is 24.3 Å². The molecule has 1 aromatic rings. The molecule has 16 heavy (non-hydrogen) atoms. The molecule has 1 rings (SSSR count). The van der Waals surface area contributed by atoms with Crippen LogP contribution in [0.15, 0.2) is 29.2 Å². The Morgan fingerprint density at radius 1 is 1.25 bits per heavy atom. The van der Waals surface area contributed by atoms with Crippen LogP contribution in [0, 0.1) is 0 Å². The first-order valence-corrected chi connectivity index (χ1v) is 5.73. The number of hydrogen-bond donors (Lipinski definition) is 4. The fourth-order valence-electron chi connectivity index (χ4n) is 0.919. The van der Waals surface area contributed by atoms with Crippen molar-refractivity contribution in [3.63, 3.8) is 0 Å². The normalized spacial score (nSPS) is 11.1. The van der Waals surface area contributed by atoms with Gasteiger partial charge in [-0.15, -0.1) is 0 Å². The third kappa shape index (κ3) is 3.95. The lowest BCUT2D eigenvalue weighted by atomic mass is 10.3. The van der Waals surface area contributed by atoms with E-state index < -0.39 is 10.1 Å². The summed E-state index contributed by atoms with van der Waals surface area (Å²) in [6.07, 6.45) is 0.677. The third-order valence-corrected chi connectivity index (χ3v) is 2.50. The Labute approximate surface area is 92.5 Å². The Morgan fingerprint density at radius 2 is 1.88 bits per heavy atom. The number of carbonyl (C=O) groups excluding carboxylic acids is 1. The van der Waals surface area contributed by atoms with E-state index in [0.717, 1.165) is 0 Å². The quantitative estimate of drug-likeness (QED) is 0.233. The summed E-state index contributed by atoms with van der Waals surface area (Å²) in [5, 5.41) is 0. The van der Waals surface area contributed by atoms with Gasteiger partial charge in [-0.3, -0.25) is 4.55 Å². The van der Waals surface area contributed by atoms with Crippen LogP contribution in [0.25, 0.3) is 0 Å². The lowest BCUT2D eigenvalue weighted by Crippen LogP contribution is -2.37.